The van der Waals surface area contributed by atoms with E-state index in [1.54, 1.807) is 18.4 Å². The van der Waals surface area contributed by atoms with Crippen LogP contribution >= 0.6 is 23.2 Å². The highest BCUT2D eigenvalue weighted by atomic mass is 35.5. The second-order valence-electron chi connectivity index (χ2n) is 7.27. The number of nitrogens with one attached hydrogen (secondary N) is 1. The molecule has 2 heterocycles. The number of halogens is 2. The van der Waals surface area contributed by atoms with Gasteiger partial charge in [0.05, 0.1) is 23.3 Å². The molecule has 0 aliphatic carbocycles. The maximum Gasteiger partial charge on any atom is 0.226 e. The summed E-state index contributed by atoms with van der Waals surface area (Å²) in [7, 11) is 0. The highest BCUT2D eigenvalue weighted by Crippen LogP contribution is 2.33. The number of anilines is 2. The number of aryl methyl sites for hydroxylation is 1. The highest BCUT2D eigenvalue weighted by molar-refractivity contribution is 6.38. The second kappa shape index (κ2) is 10.0. The maximum atomic E-state index is 12.6. The number of rotatable bonds is 8. The summed E-state index contributed by atoms with van der Waals surface area (Å²) < 4.78 is 5.57. The van der Waals surface area contributed by atoms with Crippen LogP contribution in [0, 0.1) is 0 Å². The second-order valence-corrected chi connectivity index (χ2v) is 8.11. The Balaban J connectivity index is 1.67. The van der Waals surface area contributed by atoms with E-state index in [2.05, 4.69) is 10.3 Å². The van der Waals surface area contributed by atoms with Gasteiger partial charge in [-0.3, -0.25) is 4.79 Å². The third-order valence-electron chi connectivity index (χ3n) is 4.95. The van der Waals surface area contributed by atoms with Gasteiger partial charge >= 0.3 is 0 Å². The van der Waals surface area contributed by atoms with E-state index in [-0.39, 0.29) is 12.3 Å². The number of para-hydroxylation sites is 1. The Morgan fingerprint density at radius 3 is 2.62 bits per heavy atom. The van der Waals surface area contributed by atoms with Crippen molar-refractivity contribution in [2.75, 3.05) is 16.8 Å². The van der Waals surface area contributed by atoms with Crippen LogP contribution < -0.4 is 10.2 Å². The van der Waals surface area contributed by atoms with E-state index in [0.717, 1.165) is 16.8 Å². The van der Waals surface area contributed by atoms with Crippen molar-refractivity contribution in [2.24, 2.45) is 0 Å². The number of furan rings is 1. The van der Waals surface area contributed by atoms with Crippen molar-refractivity contribution in [3.63, 3.8) is 0 Å². The molecule has 4 aromatic rings. The first kappa shape index (κ1) is 22.1. The lowest BCUT2D eigenvalue weighted by Crippen LogP contribution is -2.28. The fraction of sp³-hybridized carbons (Fsp3) is 0.208. The monoisotopic (exact) mass is 468 g/mol. The molecule has 0 saturated heterocycles. The van der Waals surface area contributed by atoms with Crippen LogP contribution in [0.3, 0.4) is 0 Å². The van der Waals surface area contributed by atoms with E-state index < -0.39 is 0 Å². The summed E-state index contributed by atoms with van der Waals surface area (Å²) in [6.07, 6.45) is 2.53. The first-order valence-corrected chi connectivity index (χ1v) is 11.1. The molecule has 2 aromatic carbocycles. The molecule has 0 saturated carbocycles. The van der Waals surface area contributed by atoms with Gasteiger partial charge in [0.1, 0.15) is 17.4 Å². The zero-order chi connectivity index (χ0) is 22.5. The van der Waals surface area contributed by atoms with Crippen molar-refractivity contribution < 1.29 is 9.21 Å². The topological polar surface area (TPSA) is 71.3 Å². The third kappa shape index (κ3) is 5.21. The lowest BCUT2D eigenvalue weighted by atomic mass is 10.2. The first-order valence-electron chi connectivity index (χ1n) is 10.3. The van der Waals surface area contributed by atoms with Gasteiger partial charge in [-0.05, 0) is 36.4 Å². The molecule has 0 spiro atoms. The van der Waals surface area contributed by atoms with Crippen molar-refractivity contribution in [2.45, 2.75) is 26.3 Å². The number of carbonyl (C=O) groups excluding carboxylic acids is 1. The molecule has 0 fully saturated rings. The largest absolute Gasteiger partial charge is 0.467 e. The quantitative estimate of drug-likeness (QED) is 0.336. The third-order valence-corrected chi connectivity index (χ3v) is 5.46. The summed E-state index contributed by atoms with van der Waals surface area (Å²) in [5.74, 6) is 1.99. The van der Waals surface area contributed by atoms with Crippen LogP contribution in [0.5, 0.6) is 0 Å². The summed E-state index contributed by atoms with van der Waals surface area (Å²) in [5.41, 5.74) is 1.39. The smallest absolute Gasteiger partial charge is 0.226 e. The molecule has 164 valence electrons. The molecule has 0 atom stereocenters. The number of carbonyl (C=O) groups is 1. The Labute approximate surface area is 196 Å². The van der Waals surface area contributed by atoms with Gasteiger partial charge in [-0.2, -0.15) is 0 Å². The summed E-state index contributed by atoms with van der Waals surface area (Å²) >= 11 is 12.7. The molecule has 0 radical (unpaired) electrons. The fourth-order valence-corrected chi connectivity index (χ4v) is 3.95. The van der Waals surface area contributed by atoms with Gasteiger partial charge in [-0.15, -0.1) is 0 Å². The molecule has 1 N–H and O–H groups in total. The van der Waals surface area contributed by atoms with E-state index >= 15 is 0 Å². The molecule has 0 unspecified atom stereocenters. The van der Waals surface area contributed by atoms with Gasteiger partial charge in [0, 0.05) is 35.5 Å². The summed E-state index contributed by atoms with van der Waals surface area (Å²) in [4.78, 5) is 24.0. The van der Waals surface area contributed by atoms with Crippen molar-refractivity contribution in [3.05, 3.63) is 82.5 Å². The van der Waals surface area contributed by atoms with Gasteiger partial charge in [0.25, 0.3) is 0 Å². The van der Waals surface area contributed by atoms with Crippen LogP contribution in [-0.2, 0) is 17.8 Å². The maximum absolute atomic E-state index is 12.6. The molecule has 2 aromatic heterocycles. The minimum absolute atomic E-state index is 0.0919. The van der Waals surface area contributed by atoms with E-state index in [0.29, 0.717) is 46.7 Å². The van der Waals surface area contributed by atoms with Crippen molar-refractivity contribution >= 4 is 51.5 Å². The molecule has 0 aliphatic heterocycles. The van der Waals surface area contributed by atoms with Crippen molar-refractivity contribution in [3.8, 4) is 0 Å². The Morgan fingerprint density at radius 1 is 1.09 bits per heavy atom. The fourth-order valence-electron chi connectivity index (χ4n) is 3.42. The molecule has 32 heavy (non-hydrogen) atoms. The first-order chi connectivity index (χ1) is 15.5. The van der Waals surface area contributed by atoms with Gasteiger partial charge in [0.2, 0.25) is 5.91 Å². The van der Waals surface area contributed by atoms with Crippen molar-refractivity contribution in [1.82, 2.24) is 9.97 Å². The van der Waals surface area contributed by atoms with Crippen LogP contribution in [0.25, 0.3) is 10.9 Å². The number of hydrogen-bond donors (Lipinski definition) is 1. The number of aromatic nitrogens is 2. The summed E-state index contributed by atoms with van der Waals surface area (Å²) in [6.45, 7) is 2.84. The van der Waals surface area contributed by atoms with Gasteiger partial charge < -0.3 is 14.6 Å². The minimum atomic E-state index is -0.0919. The molecular formula is C24H22Cl2N4O2. The lowest BCUT2D eigenvalue weighted by molar-refractivity contribution is -0.116. The molecule has 6 nitrogen and oxygen atoms in total. The van der Waals surface area contributed by atoms with Crippen LogP contribution in [-0.4, -0.2) is 22.4 Å². The highest BCUT2D eigenvalue weighted by Gasteiger charge is 2.19. The predicted octanol–water partition coefficient (Wildman–Crippen LogP) is 6.13. The Hall–Kier alpha value is -3.09. The van der Waals surface area contributed by atoms with Crippen LogP contribution in [0.15, 0.2) is 65.3 Å². The molecule has 4 rings (SSSR count). The average Bonchev–Trinajstić information content (AvgIpc) is 3.30. The summed E-state index contributed by atoms with van der Waals surface area (Å²) in [5, 5.41) is 4.61. The minimum Gasteiger partial charge on any atom is -0.467 e. The van der Waals surface area contributed by atoms with E-state index in [4.69, 9.17) is 32.6 Å². The van der Waals surface area contributed by atoms with Crippen LogP contribution in [0.4, 0.5) is 11.5 Å². The molecular weight excluding hydrogens is 447 g/mol. The molecule has 0 bridgehead atoms. The molecule has 0 aliphatic rings. The SMILES string of the molecule is CCc1nc(N(CCC(=O)Nc2ccccc2)Cc2ccco2)c2cc(Cl)cc(Cl)c2n1. The van der Waals surface area contributed by atoms with E-state index in [1.165, 1.54) is 0 Å². The Morgan fingerprint density at radius 2 is 1.91 bits per heavy atom. The normalized spacial score (nSPS) is 11.0. The Bertz CT molecular complexity index is 1210. The van der Waals surface area contributed by atoms with Crippen LogP contribution in [0.1, 0.15) is 24.9 Å². The standard InChI is InChI=1S/C24H22Cl2N4O2/c1-2-21-28-23-19(13-16(25)14-20(23)26)24(29-21)30(15-18-9-6-12-32-18)11-10-22(31)27-17-7-4-3-5-8-17/h3-9,12-14H,2,10-11,15H2,1H3,(H,27,31). The zero-order valence-electron chi connectivity index (χ0n) is 17.5. The van der Waals surface area contributed by atoms with Crippen LogP contribution in [0.2, 0.25) is 10.0 Å². The molecule has 1 amide bonds. The predicted molar refractivity (Wildman–Crippen MR) is 128 cm³/mol. The molecule has 8 heteroatoms. The van der Waals surface area contributed by atoms with E-state index in [9.17, 15) is 4.79 Å². The number of nitrogens with zero attached hydrogens (tertiary/aromatic N) is 3. The lowest BCUT2D eigenvalue weighted by Gasteiger charge is -2.24. The number of fused-ring (bicyclic) bond motifs is 1. The van der Waals surface area contributed by atoms with Gasteiger partial charge in [-0.1, -0.05) is 48.3 Å². The average molecular weight is 469 g/mol. The zero-order valence-corrected chi connectivity index (χ0v) is 19.0. The van der Waals surface area contributed by atoms with Crippen molar-refractivity contribution in [1.29, 1.82) is 0 Å². The summed E-state index contributed by atoms with van der Waals surface area (Å²) in [6, 6.07) is 16.6. The van der Waals surface area contributed by atoms with E-state index in [1.807, 2.05) is 54.3 Å². The number of hydrogen-bond acceptors (Lipinski definition) is 5. The number of amides is 1. The van der Waals surface area contributed by atoms with Gasteiger partial charge in [-0.25, -0.2) is 9.97 Å². The Kier molecular flexibility index (Phi) is 6.93. The van der Waals surface area contributed by atoms with Gasteiger partial charge in [0.15, 0.2) is 0 Å². The number of benzene rings is 2.